The standard InChI is InChI=1S/C55H40N2/c1-55(2)49-23-11-8-20-44(49)48-36-43(35-47(54(48)55)39-17-4-3-5-18-39)56(42-32-30-38(31-33-42)41-29-28-37-16-6-7-19-40(37)34-41)52-26-14-15-27-53(52)57-50-24-12-9-21-45(50)46-22-10-13-25-51(46)57/h3-36H,1-2H3. The Hall–Kier alpha value is -7.16. The lowest BCUT2D eigenvalue weighted by atomic mass is 9.78. The molecule has 0 atom stereocenters. The Morgan fingerprint density at radius 3 is 1.77 bits per heavy atom. The lowest BCUT2D eigenvalue weighted by Crippen LogP contribution is -2.17. The van der Waals surface area contributed by atoms with Crippen molar-refractivity contribution in [1.82, 2.24) is 4.57 Å². The van der Waals surface area contributed by atoms with Gasteiger partial charge in [-0.1, -0.05) is 166 Å². The third kappa shape index (κ3) is 5.25. The van der Waals surface area contributed by atoms with Crippen molar-refractivity contribution in [2.45, 2.75) is 19.3 Å². The van der Waals surface area contributed by atoms with Crippen molar-refractivity contribution in [3.63, 3.8) is 0 Å². The molecule has 2 nitrogen and oxygen atoms in total. The van der Waals surface area contributed by atoms with E-state index in [4.69, 9.17) is 0 Å². The zero-order valence-electron chi connectivity index (χ0n) is 32.0. The number of para-hydroxylation sites is 4. The molecule has 0 saturated carbocycles. The zero-order valence-corrected chi connectivity index (χ0v) is 32.0. The summed E-state index contributed by atoms with van der Waals surface area (Å²) in [6.45, 7) is 4.76. The second kappa shape index (κ2) is 13.0. The average Bonchev–Trinajstić information content (AvgIpc) is 3.72. The van der Waals surface area contributed by atoms with E-state index in [1.165, 1.54) is 77.1 Å². The first-order valence-corrected chi connectivity index (χ1v) is 19.9. The lowest BCUT2D eigenvalue weighted by molar-refractivity contribution is 0.662. The van der Waals surface area contributed by atoms with E-state index >= 15 is 0 Å². The van der Waals surface area contributed by atoms with Crippen molar-refractivity contribution < 1.29 is 0 Å². The second-order valence-corrected chi connectivity index (χ2v) is 15.8. The molecule has 0 amide bonds. The molecule has 57 heavy (non-hydrogen) atoms. The van der Waals surface area contributed by atoms with Gasteiger partial charge in [-0.3, -0.25) is 0 Å². The second-order valence-electron chi connectivity index (χ2n) is 15.8. The largest absolute Gasteiger partial charge is 0.308 e. The molecule has 1 aliphatic carbocycles. The summed E-state index contributed by atoms with van der Waals surface area (Å²) in [6.07, 6.45) is 0. The highest BCUT2D eigenvalue weighted by atomic mass is 15.2. The number of rotatable bonds is 6. The monoisotopic (exact) mass is 728 g/mol. The predicted molar refractivity (Wildman–Crippen MR) is 241 cm³/mol. The molecule has 1 aliphatic rings. The molecule has 0 radical (unpaired) electrons. The Balaban J connectivity index is 1.18. The van der Waals surface area contributed by atoms with Gasteiger partial charge >= 0.3 is 0 Å². The van der Waals surface area contributed by atoms with Crippen LogP contribution in [-0.4, -0.2) is 4.57 Å². The van der Waals surface area contributed by atoms with E-state index in [2.05, 4.69) is 230 Å². The summed E-state index contributed by atoms with van der Waals surface area (Å²) >= 11 is 0. The summed E-state index contributed by atoms with van der Waals surface area (Å²) in [6, 6.07) is 75.7. The van der Waals surface area contributed by atoms with Gasteiger partial charge in [-0.05, 0) is 110 Å². The van der Waals surface area contributed by atoms with Crippen LogP contribution in [0.5, 0.6) is 0 Å². The van der Waals surface area contributed by atoms with Gasteiger partial charge in [0.25, 0.3) is 0 Å². The normalized spacial score (nSPS) is 12.9. The molecule has 2 heteroatoms. The van der Waals surface area contributed by atoms with Crippen molar-refractivity contribution in [1.29, 1.82) is 0 Å². The minimum atomic E-state index is -0.164. The molecule has 270 valence electrons. The molecular formula is C55H40N2. The first-order chi connectivity index (χ1) is 28.0. The first-order valence-electron chi connectivity index (χ1n) is 19.9. The van der Waals surface area contributed by atoms with Gasteiger partial charge < -0.3 is 9.47 Å². The van der Waals surface area contributed by atoms with Crippen molar-refractivity contribution in [3.8, 4) is 39.1 Å². The number of fused-ring (bicyclic) bond motifs is 7. The van der Waals surface area contributed by atoms with Gasteiger partial charge in [0.1, 0.15) is 0 Å². The minimum Gasteiger partial charge on any atom is -0.308 e. The Labute approximate surface area is 333 Å². The Bertz CT molecular complexity index is 3100. The van der Waals surface area contributed by atoms with Crippen LogP contribution in [-0.2, 0) is 5.41 Å². The summed E-state index contributed by atoms with van der Waals surface area (Å²) in [5, 5.41) is 4.99. The lowest BCUT2D eigenvalue weighted by Gasteiger charge is -2.31. The summed E-state index contributed by atoms with van der Waals surface area (Å²) in [4.78, 5) is 2.48. The quantitative estimate of drug-likeness (QED) is 0.165. The van der Waals surface area contributed by atoms with Crippen molar-refractivity contribution in [3.05, 3.63) is 217 Å². The van der Waals surface area contributed by atoms with E-state index < -0.39 is 0 Å². The summed E-state index contributed by atoms with van der Waals surface area (Å²) in [7, 11) is 0. The van der Waals surface area contributed by atoms with Crippen LogP contribution in [0.15, 0.2) is 206 Å². The zero-order chi connectivity index (χ0) is 38.1. The molecule has 0 spiro atoms. The minimum absolute atomic E-state index is 0.164. The summed E-state index contributed by atoms with van der Waals surface area (Å²) < 4.78 is 2.44. The van der Waals surface area contributed by atoms with Crippen LogP contribution in [0.3, 0.4) is 0 Å². The maximum atomic E-state index is 2.48. The smallest absolute Gasteiger partial charge is 0.0702 e. The van der Waals surface area contributed by atoms with E-state index in [-0.39, 0.29) is 5.41 Å². The number of nitrogens with zero attached hydrogens (tertiary/aromatic N) is 2. The van der Waals surface area contributed by atoms with Gasteiger partial charge in [-0.15, -0.1) is 0 Å². The average molecular weight is 729 g/mol. The fourth-order valence-electron chi connectivity index (χ4n) is 9.51. The molecule has 0 fully saturated rings. The van der Waals surface area contributed by atoms with Crippen LogP contribution in [0.25, 0.3) is 71.6 Å². The SMILES string of the molecule is CC1(C)c2ccccc2-c2cc(N(c3ccc(-c4ccc5ccccc5c4)cc3)c3ccccc3-n3c4ccccc4c4ccccc43)cc(-c3ccccc3)c21. The van der Waals surface area contributed by atoms with Crippen LogP contribution in [0.1, 0.15) is 25.0 Å². The summed E-state index contributed by atoms with van der Waals surface area (Å²) in [5.41, 5.74) is 16.9. The van der Waals surface area contributed by atoms with Crippen LogP contribution in [0.2, 0.25) is 0 Å². The number of aromatic nitrogens is 1. The Morgan fingerprint density at radius 1 is 0.404 bits per heavy atom. The maximum absolute atomic E-state index is 2.48. The molecule has 1 heterocycles. The van der Waals surface area contributed by atoms with Gasteiger partial charge in [-0.25, -0.2) is 0 Å². The van der Waals surface area contributed by atoms with E-state index in [1.54, 1.807) is 0 Å². The predicted octanol–water partition coefficient (Wildman–Crippen LogP) is 15.0. The van der Waals surface area contributed by atoms with E-state index in [0.717, 1.165) is 22.7 Å². The molecule has 0 saturated heterocycles. The van der Waals surface area contributed by atoms with Crippen molar-refractivity contribution >= 4 is 49.6 Å². The van der Waals surface area contributed by atoms with E-state index in [0.29, 0.717) is 0 Å². The number of anilines is 3. The topological polar surface area (TPSA) is 8.17 Å². The molecular weight excluding hydrogens is 689 g/mol. The Morgan fingerprint density at radius 2 is 1.00 bits per heavy atom. The maximum Gasteiger partial charge on any atom is 0.0702 e. The van der Waals surface area contributed by atoms with E-state index in [9.17, 15) is 0 Å². The molecule has 0 bridgehead atoms. The van der Waals surface area contributed by atoms with Gasteiger partial charge in [0.2, 0.25) is 0 Å². The third-order valence-electron chi connectivity index (χ3n) is 12.1. The Kier molecular flexibility index (Phi) is 7.55. The van der Waals surface area contributed by atoms with Crippen LogP contribution in [0, 0.1) is 0 Å². The van der Waals surface area contributed by atoms with Crippen LogP contribution >= 0.6 is 0 Å². The van der Waals surface area contributed by atoms with Crippen molar-refractivity contribution in [2.24, 2.45) is 0 Å². The van der Waals surface area contributed by atoms with Crippen molar-refractivity contribution in [2.75, 3.05) is 4.90 Å². The molecule has 11 rings (SSSR count). The number of hydrogen-bond donors (Lipinski definition) is 0. The molecule has 0 N–H and O–H groups in total. The van der Waals surface area contributed by atoms with E-state index in [1.807, 2.05) is 0 Å². The highest BCUT2D eigenvalue weighted by Crippen LogP contribution is 2.55. The van der Waals surface area contributed by atoms with Crippen LogP contribution in [0.4, 0.5) is 17.1 Å². The fourth-order valence-corrected chi connectivity index (χ4v) is 9.51. The molecule has 9 aromatic carbocycles. The summed E-state index contributed by atoms with van der Waals surface area (Å²) in [5.74, 6) is 0. The third-order valence-corrected chi connectivity index (χ3v) is 12.1. The first kappa shape index (κ1) is 33.2. The molecule has 0 aliphatic heterocycles. The molecule has 1 aromatic heterocycles. The van der Waals surface area contributed by atoms with Gasteiger partial charge in [0, 0.05) is 27.6 Å². The molecule has 0 unspecified atom stereocenters. The van der Waals surface area contributed by atoms with Gasteiger partial charge in [-0.2, -0.15) is 0 Å². The fraction of sp³-hybridized carbons (Fsp3) is 0.0545. The number of benzene rings is 9. The highest BCUT2D eigenvalue weighted by Gasteiger charge is 2.38. The van der Waals surface area contributed by atoms with Gasteiger partial charge in [0.05, 0.1) is 22.4 Å². The van der Waals surface area contributed by atoms with Crippen LogP contribution < -0.4 is 4.90 Å². The molecule has 10 aromatic rings. The highest BCUT2D eigenvalue weighted by molar-refractivity contribution is 6.10. The number of hydrogen-bond acceptors (Lipinski definition) is 1. The van der Waals surface area contributed by atoms with Gasteiger partial charge in [0.15, 0.2) is 0 Å².